The maximum absolute atomic E-state index is 13.8. The fraction of sp³-hybridized carbons (Fsp3) is 0.591. The molecule has 0 saturated carbocycles. The summed E-state index contributed by atoms with van der Waals surface area (Å²) in [6.07, 6.45) is 1.52. The second-order valence-electron chi connectivity index (χ2n) is 8.69. The number of aliphatic hydroxyl groups excluding tert-OH is 1. The van der Waals surface area contributed by atoms with Crippen molar-refractivity contribution in [3.63, 3.8) is 0 Å². The van der Waals surface area contributed by atoms with Crippen LogP contribution in [-0.2, 0) is 14.4 Å². The van der Waals surface area contributed by atoms with Crippen molar-refractivity contribution in [2.24, 2.45) is 11.8 Å². The van der Waals surface area contributed by atoms with E-state index in [1.165, 1.54) is 0 Å². The van der Waals surface area contributed by atoms with Gasteiger partial charge in [0, 0.05) is 18.3 Å². The largest absolute Gasteiger partial charge is 0.394 e. The van der Waals surface area contributed by atoms with Gasteiger partial charge in [-0.05, 0) is 32.3 Å². The number of carbonyl (C=O) groups excluding carboxylic acids is 3. The molecule has 0 radical (unpaired) electrons. The SMILES string of the molecule is CNC(=O)[C@@H]1[C@@H]2CCC3(S2)C(C(=O)NC(C)C)N([C@H](CO)c2ccccc2)C(=O)[C@H]13. The van der Waals surface area contributed by atoms with E-state index in [4.69, 9.17) is 0 Å². The fourth-order valence-corrected chi connectivity index (χ4v) is 7.79. The number of carbonyl (C=O) groups is 3. The summed E-state index contributed by atoms with van der Waals surface area (Å²) in [7, 11) is 1.59. The molecule has 3 fully saturated rings. The van der Waals surface area contributed by atoms with Gasteiger partial charge in [0.1, 0.15) is 6.04 Å². The Kier molecular flexibility index (Phi) is 5.57. The van der Waals surface area contributed by atoms with Crippen LogP contribution in [0, 0.1) is 11.8 Å². The highest BCUT2D eigenvalue weighted by Crippen LogP contribution is 2.67. The predicted octanol–water partition coefficient (Wildman–Crippen LogP) is 1.08. The Labute approximate surface area is 181 Å². The summed E-state index contributed by atoms with van der Waals surface area (Å²) in [4.78, 5) is 41.5. The van der Waals surface area contributed by atoms with Crippen LogP contribution in [0.1, 0.15) is 38.3 Å². The molecule has 4 rings (SSSR count). The second-order valence-corrected chi connectivity index (χ2v) is 10.3. The molecule has 3 aliphatic rings. The minimum Gasteiger partial charge on any atom is -0.394 e. The number of likely N-dealkylation sites (tertiary alicyclic amines) is 1. The van der Waals surface area contributed by atoms with Crippen LogP contribution >= 0.6 is 11.8 Å². The summed E-state index contributed by atoms with van der Waals surface area (Å²) in [6.45, 7) is 3.49. The minimum atomic E-state index is -0.723. The molecule has 6 atom stereocenters. The predicted molar refractivity (Wildman–Crippen MR) is 115 cm³/mol. The second kappa shape index (κ2) is 7.89. The molecule has 3 aliphatic heterocycles. The van der Waals surface area contributed by atoms with E-state index in [2.05, 4.69) is 10.6 Å². The van der Waals surface area contributed by atoms with Gasteiger partial charge in [0.25, 0.3) is 0 Å². The van der Waals surface area contributed by atoms with Gasteiger partial charge in [-0.15, -0.1) is 11.8 Å². The zero-order valence-corrected chi connectivity index (χ0v) is 18.3. The highest BCUT2D eigenvalue weighted by molar-refractivity contribution is 8.02. The summed E-state index contributed by atoms with van der Waals surface area (Å²) < 4.78 is -0.639. The van der Waals surface area contributed by atoms with E-state index in [-0.39, 0.29) is 35.6 Å². The number of nitrogens with one attached hydrogen (secondary N) is 2. The van der Waals surface area contributed by atoms with Crippen molar-refractivity contribution in [3.8, 4) is 0 Å². The first-order valence-electron chi connectivity index (χ1n) is 10.5. The summed E-state index contributed by atoms with van der Waals surface area (Å²) in [5.74, 6) is -1.55. The van der Waals surface area contributed by atoms with Crippen LogP contribution in [0.4, 0.5) is 0 Å². The Bertz CT molecular complexity index is 848. The normalized spacial score (nSPS) is 33.0. The number of thioether (sulfide) groups is 1. The highest BCUT2D eigenvalue weighted by atomic mass is 32.2. The molecule has 0 aliphatic carbocycles. The van der Waals surface area contributed by atoms with Crippen molar-refractivity contribution in [1.82, 2.24) is 15.5 Å². The lowest BCUT2D eigenvalue weighted by Crippen LogP contribution is -2.55. The third-order valence-electron chi connectivity index (χ3n) is 6.66. The van der Waals surface area contributed by atoms with Gasteiger partial charge in [0.2, 0.25) is 17.7 Å². The standard InChI is InChI=1S/C22H29N3O4S/c1-12(2)24-20(28)18-22-10-9-15(30-22)16(19(27)23-3)17(22)21(29)25(18)14(11-26)13-7-5-4-6-8-13/h4-8,12,14-18,26H,9-11H2,1-3H3,(H,23,27)(H,24,28)/t14-,15+,16-,17+,18?,22?/m1/s1. The van der Waals surface area contributed by atoms with Crippen LogP contribution in [0.5, 0.6) is 0 Å². The van der Waals surface area contributed by atoms with Crippen LogP contribution in [0.15, 0.2) is 30.3 Å². The molecule has 3 N–H and O–H groups in total. The van der Waals surface area contributed by atoms with Crippen molar-refractivity contribution in [2.45, 2.75) is 54.8 Å². The van der Waals surface area contributed by atoms with Gasteiger partial charge >= 0.3 is 0 Å². The maximum atomic E-state index is 13.8. The van der Waals surface area contributed by atoms with Gasteiger partial charge in [-0.3, -0.25) is 14.4 Å². The monoisotopic (exact) mass is 431 g/mol. The Morgan fingerprint density at radius 3 is 2.57 bits per heavy atom. The topological polar surface area (TPSA) is 98.7 Å². The van der Waals surface area contributed by atoms with Gasteiger partial charge < -0.3 is 20.6 Å². The summed E-state index contributed by atoms with van der Waals surface area (Å²) in [6, 6.07) is 7.87. The van der Waals surface area contributed by atoms with Crippen molar-refractivity contribution < 1.29 is 19.5 Å². The number of amides is 3. The lowest BCUT2D eigenvalue weighted by molar-refractivity contribution is -0.143. The molecule has 1 aromatic rings. The molecule has 3 amide bonds. The van der Waals surface area contributed by atoms with E-state index in [0.717, 1.165) is 12.0 Å². The minimum absolute atomic E-state index is 0.0414. The number of aliphatic hydroxyl groups is 1. The summed E-state index contributed by atoms with van der Waals surface area (Å²) in [5.41, 5.74) is 0.781. The number of hydrogen-bond acceptors (Lipinski definition) is 5. The van der Waals surface area contributed by atoms with Crippen LogP contribution in [-0.4, -0.2) is 63.5 Å². The van der Waals surface area contributed by atoms with Crippen LogP contribution < -0.4 is 10.6 Å². The zero-order chi connectivity index (χ0) is 21.6. The first-order valence-corrected chi connectivity index (χ1v) is 11.4. The molecule has 0 aromatic heterocycles. The Hall–Kier alpha value is -2.06. The van der Waals surface area contributed by atoms with Gasteiger partial charge in [-0.25, -0.2) is 0 Å². The quantitative estimate of drug-likeness (QED) is 0.626. The third kappa shape index (κ3) is 3.03. The van der Waals surface area contributed by atoms with Gasteiger partial charge in [0.05, 0.1) is 29.2 Å². The van der Waals surface area contributed by atoms with Gasteiger partial charge in [0.15, 0.2) is 0 Å². The van der Waals surface area contributed by atoms with E-state index in [9.17, 15) is 19.5 Å². The van der Waals surface area contributed by atoms with E-state index in [1.807, 2.05) is 44.2 Å². The number of nitrogens with zero attached hydrogens (tertiary/aromatic N) is 1. The smallest absolute Gasteiger partial charge is 0.244 e. The number of fused-ring (bicyclic) bond motifs is 1. The third-order valence-corrected chi connectivity index (χ3v) is 8.61. The van der Waals surface area contributed by atoms with Gasteiger partial charge in [-0.2, -0.15) is 0 Å². The lowest BCUT2D eigenvalue weighted by Gasteiger charge is -2.37. The van der Waals surface area contributed by atoms with Crippen LogP contribution in [0.2, 0.25) is 0 Å². The van der Waals surface area contributed by atoms with Crippen molar-refractivity contribution in [3.05, 3.63) is 35.9 Å². The fourth-order valence-electron chi connectivity index (χ4n) is 5.59. The van der Waals surface area contributed by atoms with Crippen molar-refractivity contribution >= 4 is 29.5 Å². The van der Waals surface area contributed by atoms with E-state index in [1.54, 1.807) is 23.7 Å². The molecular weight excluding hydrogens is 402 g/mol. The molecule has 2 unspecified atom stereocenters. The Balaban J connectivity index is 1.81. The molecular formula is C22H29N3O4S. The maximum Gasteiger partial charge on any atom is 0.244 e. The average molecular weight is 432 g/mol. The molecule has 2 bridgehead atoms. The van der Waals surface area contributed by atoms with Crippen molar-refractivity contribution in [1.29, 1.82) is 0 Å². The summed E-state index contributed by atoms with van der Waals surface area (Å²) >= 11 is 1.63. The zero-order valence-electron chi connectivity index (χ0n) is 17.5. The Morgan fingerprint density at radius 1 is 1.27 bits per heavy atom. The molecule has 1 spiro atoms. The molecule has 162 valence electrons. The number of hydrogen-bond donors (Lipinski definition) is 3. The molecule has 7 nitrogen and oxygen atoms in total. The molecule has 3 saturated heterocycles. The first-order chi connectivity index (χ1) is 14.4. The Morgan fingerprint density at radius 2 is 1.97 bits per heavy atom. The van der Waals surface area contributed by atoms with E-state index < -0.39 is 28.7 Å². The van der Waals surface area contributed by atoms with E-state index >= 15 is 0 Å². The molecule has 8 heteroatoms. The van der Waals surface area contributed by atoms with Gasteiger partial charge in [-0.1, -0.05) is 30.3 Å². The molecule has 3 heterocycles. The highest BCUT2D eigenvalue weighted by Gasteiger charge is 2.74. The van der Waals surface area contributed by atoms with Crippen LogP contribution in [0.25, 0.3) is 0 Å². The average Bonchev–Trinajstić information content (AvgIpc) is 3.36. The molecule has 30 heavy (non-hydrogen) atoms. The molecule has 1 aromatic carbocycles. The van der Waals surface area contributed by atoms with Crippen molar-refractivity contribution in [2.75, 3.05) is 13.7 Å². The lowest BCUT2D eigenvalue weighted by atomic mass is 9.70. The van der Waals surface area contributed by atoms with E-state index in [0.29, 0.717) is 6.42 Å². The number of benzene rings is 1. The first kappa shape index (κ1) is 21.2. The van der Waals surface area contributed by atoms with Crippen LogP contribution in [0.3, 0.4) is 0 Å². The number of rotatable bonds is 6. The summed E-state index contributed by atoms with van der Waals surface area (Å²) in [5, 5.41) is 16.0.